The highest BCUT2D eigenvalue weighted by Gasteiger charge is 2.19. The van der Waals surface area contributed by atoms with Crippen molar-refractivity contribution in [2.24, 2.45) is 0 Å². The quantitative estimate of drug-likeness (QED) is 0.754. The molecule has 116 valence electrons. The van der Waals surface area contributed by atoms with E-state index in [2.05, 4.69) is 16.6 Å². The lowest BCUT2D eigenvalue weighted by atomic mass is 10.2. The lowest BCUT2D eigenvalue weighted by Crippen LogP contribution is -2.22. The van der Waals surface area contributed by atoms with Gasteiger partial charge < -0.3 is 5.11 Å². The van der Waals surface area contributed by atoms with Crippen molar-refractivity contribution in [2.45, 2.75) is 6.42 Å². The zero-order valence-electron chi connectivity index (χ0n) is 11.1. The second-order valence-corrected chi connectivity index (χ2v) is 8.45. The van der Waals surface area contributed by atoms with Crippen LogP contribution >= 0.6 is 0 Å². The number of benzene rings is 1. The fourth-order valence-electron chi connectivity index (χ4n) is 1.40. The van der Waals surface area contributed by atoms with Gasteiger partial charge in [-0.15, -0.1) is 0 Å². The third kappa shape index (κ3) is 6.57. The van der Waals surface area contributed by atoms with Crippen LogP contribution in [0.25, 0.3) is 0 Å². The van der Waals surface area contributed by atoms with Gasteiger partial charge in [-0.3, -0.25) is 4.72 Å². The fourth-order valence-corrected chi connectivity index (χ4v) is 4.40. The van der Waals surface area contributed by atoms with Crippen molar-refractivity contribution in [3.63, 3.8) is 0 Å². The predicted octanol–water partition coefficient (Wildman–Crippen LogP) is 0.303. The first-order valence-corrected chi connectivity index (χ1v) is 9.42. The molecule has 9 heteroatoms. The van der Waals surface area contributed by atoms with Gasteiger partial charge in [-0.2, -0.15) is 0 Å². The molecule has 0 saturated heterocycles. The molecule has 0 aromatic heterocycles. The van der Waals surface area contributed by atoms with Gasteiger partial charge in [0.1, 0.15) is 5.82 Å². The maximum absolute atomic E-state index is 13.2. The Bertz CT molecular complexity index is 776. The van der Waals surface area contributed by atoms with Crippen molar-refractivity contribution in [3.05, 3.63) is 29.6 Å². The topological polar surface area (TPSA) is 101 Å². The number of hydrogen-bond donors (Lipinski definition) is 2. The summed E-state index contributed by atoms with van der Waals surface area (Å²) in [6.45, 7) is -0.183. The van der Waals surface area contributed by atoms with Crippen LogP contribution in [0.4, 0.5) is 10.1 Å². The molecule has 0 radical (unpaired) electrons. The summed E-state index contributed by atoms with van der Waals surface area (Å²) in [5.74, 6) is 4.43. The van der Waals surface area contributed by atoms with Gasteiger partial charge in [0.15, 0.2) is 14.9 Å². The molecule has 21 heavy (non-hydrogen) atoms. The Morgan fingerprint density at radius 1 is 1.29 bits per heavy atom. The number of aliphatic hydroxyl groups is 1. The number of rotatable bonds is 5. The zero-order valence-corrected chi connectivity index (χ0v) is 12.8. The predicted molar refractivity (Wildman–Crippen MR) is 77.2 cm³/mol. The molecule has 0 spiro atoms. The number of sulfonamides is 1. The van der Waals surface area contributed by atoms with Crippen LogP contribution in [0.15, 0.2) is 18.2 Å². The summed E-state index contributed by atoms with van der Waals surface area (Å²) >= 11 is 0. The summed E-state index contributed by atoms with van der Waals surface area (Å²) in [4.78, 5) is 0. The summed E-state index contributed by atoms with van der Waals surface area (Å²) in [6, 6.07) is 3.19. The Labute approximate surface area is 123 Å². The third-order valence-corrected chi connectivity index (χ3v) is 5.56. The zero-order chi connectivity index (χ0) is 16.1. The maximum atomic E-state index is 13.2. The van der Waals surface area contributed by atoms with Gasteiger partial charge in [0.05, 0.1) is 17.9 Å². The van der Waals surface area contributed by atoms with Crippen LogP contribution < -0.4 is 4.72 Å². The molecule has 1 rings (SSSR count). The SMILES string of the molecule is CS(=O)(=O)CS(=O)(=O)Nc1ccc(F)cc1C#CCCO. The summed E-state index contributed by atoms with van der Waals surface area (Å²) in [7, 11) is -7.87. The number of aliphatic hydroxyl groups excluding tert-OH is 1. The van der Waals surface area contributed by atoms with Crippen LogP contribution in [-0.2, 0) is 19.9 Å². The van der Waals surface area contributed by atoms with Crippen molar-refractivity contribution >= 4 is 25.5 Å². The fraction of sp³-hybridized carbons (Fsp3) is 0.333. The molecule has 1 aromatic carbocycles. The molecule has 6 nitrogen and oxygen atoms in total. The van der Waals surface area contributed by atoms with Gasteiger partial charge in [0, 0.05) is 12.7 Å². The van der Waals surface area contributed by atoms with Crippen molar-refractivity contribution in [1.29, 1.82) is 0 Å². The second-order valence-electron chi connectivity index (χ2n) is 4.23. The van der Waals surface area contributed by atoms with E-state index >= 15 is 0 Å². The first-order chi connectivity index (χ1) is 9.63. The van der Waals surface area contributed by atoms with Gasteiger partial charge >= 0.3 is 0 Å². The Kier molecular flexibility index (Phi) is 5.71. The Morgan fingerprint density at radius 2 is 1.95 bits per heavy atom. The second kappa shape index (κ2) is 6.89. The van der Waals surface area contributed by atoms with Crippen LogP contribution in [0.5, 0.6) is 0 Å². The molecule has 0 fully saturated rings. The molecule has 0 aliphatic heterocycles. The highest BCUT2D eigenvalue weighted by atomic mass is 32.3. The number of nitrogens with one attached hydrogen (secondary N) is 1. The van der Waals surface area contributed by atoms with Gasteiger partial charge in [0.2, 0.25) is 10.0 Å². The van der Waals surface area contributed by atoms with Crippen LogP contribution in [0.3, 0.4) is 0 Å². The average Bonchev–Trinajstić information content (AvgIpc) is 2.29. The normalized spacial score (nSPS) is 11.6. The lowest BCUT2D eigenvalue weighted by Gasteiger charge is -2.09. The number of hydrogen-bond acceptors (Lipinski definition) is 5. The highest BCUT2D eigenvalue weighted by molar-refractivity contribution is 8.08. The summed E-state index contributed by atoms with van der Waals surface area (Å²) < 4.78 is 60.8. The minimum absolute atomic E-state index is 0.0227. The Balaban J connectivity index is 3.12. The van der Waals surface area contributed by atoms with Gasteiger partial charge in [0.25, 0.3) is 0 Å². The summed E-state index contributed by atoms with van der Waals surface area (Å²) in [5, 5.41) is 7.54. The molecular formula is C12H14FNO5S2. The van der Waals surface area contributed by atoms with Crippen LogP contribution in [0, 0.1) is 17.7 Å². The van der Waals surface area contributed by atoms with Crippen LogP contribution in [0.2, 0.25) is 0 Å². The molecule has 0 aliphatic rings. The lowest BCUT2D eigenvalue weighted by molar-refractivity contribution is 0.305. The van der Waals surface area contributed by atoms with Crippen LogP contribution in [-0.4, -0.2) is 39.9 Å². The van der Waals surface area contributed by atoms with E-state index in [0.717, 1.165) is 24.5 Å². The molecular weight excluding hydrogens is 321 g/mol. The molecule has 0 amide bonds. The first kappa shape index (κ1) is 17.4. The molecule has 0 bridgehead atoms. The van der Waals surface area contributed by atoms with E-state index in [-0.39, 0.29) is 24.3 Å². The Hall–Kier alpha value is -1.63. The molecule has 2 N–H and O–H groups in total. The van der Waals surface area contributed by atoms with E-state index in [1.165, 1.54) is 0 Å². The van der Waals surface area contributed by atoms with E-state index < -0.39 is 30.8 Å². The summed E-state index contributed by atoms with van der Waals surface area (Å²) in [6.07, 6.45) is 0.935. The third-order valence-electron chi connectivity index (χ3n) is 2.08. The summed E-state index contributed by atoms with van der Waals surface area (Å²) in [5.41, 5.74) is 0.0333. The highest BCUT2D eigenvalue weighted by Crippen LogP contribution is 2.18. The number of halogens is 1. The average molecular weight is 335 g/mol. The molecule has 1 aromatic rings. The Morgan fingerprint density at radius 3 is 2.52 bits per heavy atom. The smallest absolute Gasteiger partial charge is 0.247 e. The van der Waals surface area contributed by atoms with Crippen molar-refractivity contribution in [2.75, 3.05) is 22.7 Å². The monoisotopic (exact) mass is 335 g/mol. The minimum atomic E-state index is -4.14. The minimum Gasteiger partial charge on any atom is -0.395 e. The van der Waals surface area contributed by atoms with Gasteiger partial charge in [-0.05, 0) is 18.2 Å². The largest absolute Gasteiger partial charge is 0.395 e. The molecule has 0 heterocycles. The molecule has 0 unspecified atom stereocenters. The molecule has 0 saturated carbocycles. The van der Waals surface area contributed by atoms with Crippen molar-refractivity contribution in [1.82, 2.24) is 0 Å². The number of anilines is 1. The van der Waals surface area contributed by atoms with E-state index in [0.29, 0.717) is 0 Å². The van der Waals surface area contributed by atoms with E-state index in [1.54, 1.807) is 0 Å². The first-order valence-electron chi connectivity index (χ1n) is 5.70. The van der Waals surface area contributed by atoms with Crippen molar-refractivity contribution in [3.8, 4) is 11.8 Å². The molecule has 0 aliphatic carbocycles. The van der Waals surface area contributed by atoms with Gasteiger partial charge in [-0.1, -0.05) is 11.8 Å². The maximum Gasteiger partial charge on any atom is 0.247 e. The van der Waals surface area contributed by atoms with E-state index in [4.69, 9.17) is 5.11 Å². The van der Waals surface area contributed by atoms with Crippen LogP contribution in [0.1, 0.15) is 12.0 Å². The van der Waals surface area contributed by atoms with E-state index in [9.17, 15) is 21.2 Å². The molecule has 0 atom stereocenters. The number of sulfone groups is 1. The standard InChI is InChI=1S/C12H14FNO5S2/c1-20(16,17)9-21(18,19)14-12-6-5-11(13)8-10(12)4-2-3-7-15/h5-6,8,14-15H,3,7,9H2,1H3. The van der Waals surface area contributed by atoms with E-state index in [1.807, 2.05) is 0 Å². The van der Waals surface area contributed by atoms with Gasteiger partial charge in [-0.25, -0.2) is 21.2 Å². The van der Waals surface area contributed by atoms with Crippen molar-refractivity contribution < 1.29 is 26.3 Å².